The van der Waals surface area contributed by atoms with Gasteiger partial charge in [-0.1, -0.05) is 31.5 Å². The first-order valence-electron chi connectivity index (χ1n) is 7.84. The second-order valence-corrected chi connectivity index (χ2v) is 5.74. The minimum Gasteiger partial charge on any atom is -0.496 e. The maximum atomic E-state index is 12.5. The van der Waals surface area contributed by atoms with Gasteiger partial charge in [-0.3, -0.25) is 4.79 Å². The molecule has 0 heterocycles. The van der Waals surface area contributed by atoms with E-state index in [0.29, 0.717) is 12.5 Å². The average Bonchev–Trinajstić information content (AvgIpc) is 3.01. The van der Waals surface area contributed by atoms with Crippen LogP contribution >= 0.6 is 0 Å². The van der Waals surface area contributed by atoms with Gasteiger partial charge < -0.3 is 15.8 Å². The lowest BCUT2D eigenvalue weighted by atomic mass is 9.94. The highest BCUT2D eigenvalue weighted by Gasteiger charge is 2.33. The third kappa shape index (κ3) is 3.56. The van der Waals surface area contributed by atoms with E-state index < -0.39 is 0 Å². The molecule has 1 aromatic rings. The Hall–Kier alpha value is -1.55. The number of hydrogen-bond acceptors (Lipinski definition) is 3. The van der Waals surface area contributed by atoms with Crippen molar-refractivity contribution in [2.24, 2.45) is 17.6 Å². The SMILES string of the molecule is CCC(NC(=O)C1CCCC1CN)c1ccccc1OC. The molecule has 116 valence electrons. The summed E-state index contributed by atoms with van der Waals surface area (Å²) in [4.78, 5) is 12.5. The molecule has 0 spiro atoms. The van der Waals surface area contributed by atoms with E-state index in [1.165, 1.54) is 0 Å². The van der Waals surface area contributed by atoms with Gasteiger partial charge in [0.2, 0.25) is 5.91 Å². The molecule has 1 aliphatic carbocycles. The van der Waals surface area contributed by atoms with Crippen LogP contribution in [0.5, 0.6) is 5.75 Å². The maximum absolute atomic E-state index is 12.5. The predicted octanol–water partition coefficient (Wildman–Crippen LogP) is 2.64. The Labute approximate surface area is 127 Å². The Bertz CT molecular complexity index is 476. The predicted molar refractivity (Wildman–Crippen MR) is 84.1 cm³/mol. The molecule has 1 aliphatic rings. The quantitative estimate of drug-likeness (QED) is 0.846. The molecular weight excluding hydrogens is 264 g/mol. The van der Waals surface area contributed by atoms with E-state index in [1.54, 1.807) is 7.11 Å². The van der Waals surface area contributed by atoms with Crippen molar-refractivity contribution in [3.8, 4) is 5.75 Å². The number of rotatable bonds is 6. The molecule has 0 bridgehead atoms. The number of ether oxygens (including phenoxy) is 1. The summed E-state index contributed by atoms with van der Waals surface area (Å²) in [7, 11) is 1.66. The van der Waals surface area contributed by atoms with Gasteiger partial charge in [0.05, 0.1) is 13.2 Å². The van der Waals surface area contributed by atoms with Crippen molar-refractivity contribution in [2.45, 2.75) is 38.6 Å². The third-order valence-electron chi connectivity index (χ3n) is 4.54. The van der Waals surface area contributed by atoms with E-state index in [1.807, 2.05) is 24.3 Å². The van der Waals surface area contributed by atoms with Crippen LogP contribution in [0.25, 0.3) is 0 Å². The second kappa shape index (κ2) is 7.46. The number of para-hydroxylation sites is 1. The zero-order valence-corrected chi connectivity index (χ0v) is 13.0. The number of hydrogen-bond donors (Lipinski definition) is 2. The molecule has 3 N–H and O–H groups in total. The van der Waals surface area contributed by atoms with Crippen molar-refractivity contribution >= 4 is 5.91 Å². The number of benzene rings is 1. The normalized spacial score (nSPS) is 22.8. The van der Waals surface area contributed by atoms with Crippen molar-refractivity contribution in [2.75, 3.05) is 13.7 Å². The minimum atomic E-state index is -0.00678. The standard InChI is InChI=1S/C17H26N2O2/c1-3-15(14-8-4-5-10-16(14)21-2)19-17(20)13-9-6-7-12(13)11-18/h4-5,8,10,12-13,15H,3,6-7,9,11,18H2,1-2H3,(H,19,20). The van der Waals surface area contributed by atoms with Crippen LogP contribution in [0.4, 0.5) is 0 Å². The molecule has 4 nitrogen and oxygen atoms in total. The van der Waals surface area contributed by atoms with Gasteiger partial charge in [0.25, 0.3) is 0 Å². The molecule has 1 aromatic carbocycles. The Morgan fingerprint density at radius 1 is 1.43 bits per heavy atom. The molecule has 0 aliphatic heterocycles. The van der Waals surface area contributed by atoms with Gasteiger partial charge in [-0.25, -0.2) is 0 Å². The van der Waals surface area contributed by atoms with Gasteiger partial charge in [0, 0.05) is 11.5 Å². The second-order valence-electron chi connectivity index (χ2n) is 5.74. The number of nitrogens with one attached hydrogen (secondary N) is 1. The van der Waals surface area contributed by atoms with Crippen LogP contribution in [0.2, 0.25) is 0 Å². The monoisotopic (exact) mass is 290 g/mol. The molecule has 0 aromatic heterocycles. The van der Waals surface area contributed by atoms with Gasteiger partial charge in [0.1, 0.15) is 5.75 Å². The number of methoxy groups -OCH3 is 1. The lowest BCUT2D eigenvalue weighted by Gasteiger charge is -2.24. The molecule has 2 rings (SSSR count). The summed E-state index contributed by atoms with van der Waals surface area (Å²) in [6.07, 6.45) is 3.97. The first kappa shape index (κ1) is 15.8. The van der Waals surface area contributed by atoms with Gasteiger partial charge >= 0.3 is 0 Å². The van der Waals surface area contributed by atoms with Gasteiger partial charge in [0.15, 0.2) is 0 Å². The van der Waals surface area contributed by atoms with Gasteiger partial charge in [-0.15, -0.1) is 0 Å². The molecule has 3 unspecified atom stereocenters. The number of amides is 1. The molecule has 1 amide bonds. The molecule has 0 radical (unpaired) electrons. The minimum absolute atomic E-state index is 0.00678. The zero-order valence-electron chi connectivity index (χ0n) is 13.0. The molecule has 1 fully saturated rings. The molecule has 21 heavy (non-hydrogen) atoms. The van der Waals surface area contributed by atoms with E-state index >= 15 is 0 Å². The van der Waals surface area contributed by atoms with Gasteiger partial charge in [-0.05, 0) is 37.8 Å². The summed E-state index contributed by atoms with van der Waals surface area (Å²) in [5.74, 6) is 1.37. The van der Waals surface area contributed by atoms with Gasteiger partial charge in [-0.2, -0.15) is 0 Å². The van der Waals surface area contributed by atoms with E-state index in [4.69, 9.17) is 10.5 Å². The van der Waals surface area contributed by atoms with Crippen LogP contribution in [0.15, 0.2) is 24.3 Å². The van der Waals surface area contributed by atoms with Crippen LogP contribution in [0.1, 0.15) is 44.2 Å². The zero-order chi connectivity index (χ0) is 15.2. The highest BCUT2D eigenvalue weighted by Crippen LogP contribution is 2.33. The Kier molecular flexibility index (Phi) is 5.62. The van der Waals surface area contributed by atoms with Crippen LogP contribution in [-0.4, -0.2) is 19.6 Å². The molecule has 4 heteroatoms. The molecule has 3 atom stereocenters. The lowest BCUT2D eigenvalue weighted by Crippen LogP contribution is -2.37. The number of carbonyl (C=O) groups is 1. The highest BCUT2D eigenvalue weighted by atomic mass is 16.5. The Balaban J connectivity index is 2.10. The highest BCUT2D eigenvalue weighted by molar-refractivity contribution is 5.79. The topological polar surface area (TPSA) is 64.4 Å². The molecule has 0 saturated heterocycles. The molecule has 1 saturated carbocycles. The van der Waals surface area contributed by atoms with E-state index in [-0.39, 0.29) is 17.9 Å². The van der Waals surface area contributed by atoms with Crippen molar-refractivity contribution in [3.05, 3.63) is 29.8 Å². The fourth-order valence-electron chi connectivity index (χ4n) is 3.30. The summed E-state index contributed by atoms with van der Waals surface area (Å²) in [5, 5.41) is 3.19. The first-order chi connectivity index (χ1) is 10.2. The van der Waals surface area contributed by atoms with E-state index in [0.717, 1.165) is 37.0 Å². The van der Waals surface area contributed by atoms with Crippen molar-refractivity contribution in [1.29, 1.82) is 0 Å². The summed E-state index contributed by atoms with van der Waals surface area (Å²) in [6.45, 7) is 2.68. The van der Waals surface area contributed by atoms with Crippen LogP contribution in [-0.2, 0) is 4.79 Å². The summed E-state index contributed by atoms with van der Waals surface area (Å²) in [5.41, 5.74) is 6.82. The fraction of sp³-hybridized carbons (Fsp3) is 0.588. The van der Waals surface area contributed by atoms with Crippen LogP contribution in [0.3, 0.4) is 0 Å². The maximum Gasteiger partial charge on any atom is 0.223 e. The molecular formula is C17H26N2O2. The van der Waals surface area contributed by atoms with Crippen LogP contribution < -0.4 is 15.8 Å². The first-order valence-corrected chi connectivity index (χ1v) is 7.84. The summed E-state index contributed by atoms with van der Waals surface area (Å²) in [6, 6.07) is 7.86. The summed E-state index contributed by atoms with van der Waals surface area (Å²) >= 11 is 0. The fourth-order valence-corrected chi connectivity index (χ4v) is 3.30. The smallest absolute Gasteiger partial charge is 0.223 e. The number of nitrogens with two attached hydrogens (primary N) is 1. The van der Waals surface area contributed by atoms with Crippen molar-refractivity contribution in [1.82, 2.24) is 5.32 Å². The summed E-state index contributed by atoms with van der Waals surface area (Å²) < 4.78 is 5.41. The van der Waals surface area contributed by atoms with E-state index in [9.17, 15) is 4.79 Å². The largest absolute Gasteiger partial charge is 0.496 e. The van der Waals surface area contributed by atoms with Crippen molar-refractivity contribution < 1.29 is 9.53 Å². The average molecular weight is 290 g/mol. The van der Waals surface area contributed by atoms with Crippen LogP contribution in [0, 0.1) is 11.8 Å². The Morgan fingerprint density at radius 2 is 2.19 bits per heavy atom. The van der Waals surface area contributed by atoms with E-state index in [2.05, 4.69) is 12.2 Å². The Morgan fingerprint density at radius 3 is 2.86 bits per heavy atom. The van der Waals surface area contributed by atoms with Crippen molar-refractivity contribution in [3.63, 3.8) is 0 Å². The lowest BCUT2D eigenvalue weighted by molar-refractivity contribution is -0.126. The third-order valence-corrected chi connectivity index (χ3v) is 4.54. The number of carbonyl (C=O) groups excluding carboxylic acids is 1.